The fourth-order valence-corrected chi connectivity index (χ4v) is 3.39. The molecule has 0 aliphatic rings. The van der Waals surface area contributed by atoms with Crippen molar-refractivity contribution in [3.05, 3.63) is 66.0 Å². The molecule has 0 unspecified atom stereocenters. The molecule has 6 nitrogen and oxygen atoms in total. The molecule has 0 aliphatic heterocycles. The second kappa shape index (κ2) is 10.6. The van der Waals surface area contributed by atoms with Gasteiger partial charge in [0.1, 0.15) is 10.8 Å². The van der Waals surface area contributed by atoms with Crippen molar-refractivity contribution in [2.75, 3.05) is 26.5 Å². The van der Waals surface area contributed by atoms with Crippen molar-refractivity contribution in [1.29, 1.82) is 0 Å². The Kier molecular flexibility index (Phi) is 7.62. The molecular weight excluding hydrogens is 405 g/mol. The summed E-state index contributed by atoms with van der Waals surface area (Å²) in [5.41, 5.74) is 2.48. The Labute approximate surface area is 178 Å². The number of nitrogens with zero attached hydrogens (tertiary/aromatic N) is 2. The molecule has 0 atom stereocenters. The first kappa shape index (κ1) is 21.6. The van der Waals surface area contributed by atoms with E-state index in [0.29, 0.717) is 35.2 Å². The van der Waals surface area contributed by atoms with Gasteiger partial charge >= 0.3 is 0 Å². The van der Waals surface area contributed by atoms with Crippen molar-refractivity contribution in [3.63, 3.8) is 0 Å². The Bertz CT molecular complexity index is 982. The van der Waals surface area contributed by atoms with Gasteiger partial charge in [-0.3, -0.25) is 4.79 Å². The number of benzene rings is 2. The smallest absolute Gasteiger partial charge is 0.230 e. The third-order valence-corrected chi connectivity index (χ3v) is 5.24. The van der Waals surface area contributed by atoms with Crippen LogP contribution in [0.5, 0.6) is 11.5 Å². The lowest BCUT2D eigenvalue weighted by Crippen LogP contribution is -2.27. The summed E-state index contributed by atoms with van der Waals surface area (Å²) < 4.78 is 23.5. The molecule has 0 saturated heterocycles. The average Bonchev–Trinajstić information content (AvgIpc) is 2.78. The van der Waals surface area contributed by atoms with Gasteiger partial charge < -0.3 is 14.8 Å². The Morgan fingerprint density at radius 1 is 1.00 bits per heavy atom. The lowest BCUT2D eigenvalue weighted by molar-refractivity contribution is -0.118. The van der Waals surface area contributed by atoms with Gasteiger partial charge in [0.05, 0.1) is 25.7 Å². The van der Waals surface area contributed by atoms with E-state index in [0.717, 1.165) is 11.1 Å². The minimum absolute atomic E-state index is 0.0788. The first-order valence-corrected chi connectivity index (χ1v) is 10.3. The number of rotatable bonds is 9. The molecular formula is C22H22FN3O3S. The largest absolute Gasteiger partial charge is 0.493 e. The molecule has 0 bridgehead atoms. The quantitative estimate of drug-likeness (QED) is 0.525. The van der Waals surface area contributed by atoms with Crippen molar-refractivity contribution >= 4 is 17.7 Å². The molecule has 1 N–H and O–H groups in total. The normalized spacial score (nSPS) is 10.5. The van der Waals surface area contributed by atoms with Gasteiger partial charge in [-0.2, -0.15) is 0 Å². The van der Waals surface area contributed by atoms with Crippen LogP contribution in [-0.2, 0) is 11.2 Å². The van der Waals surface area contributed by atoms with Gasteiger partial charge in [-0.15, -0.1) is 10.2 Å². The number of carbonyl (C=O) groups is 1. The number of hydrogen-bond acceptors (Lipinski definition) is 6. The van der Waals surface area contributed by atoms with Gasteiger partial charge in [-0.25, -0.2) is 4.39 Å². The minimum atomic E-state index is -0.295. The fourth-order valence-electron chi connectivity index (χ4n) is 2.74. The Morgan fingerprint density at radius 2 is 1.77 bits per heavy atom. The molecule has 0 aliphatic carbocycles. The molecule has 0 saturated carbocycles. The van der Waals surface area contributed by atoms with Crippen molar-refractivity contribution in [2.45, 2.75) is 11.4 Å². The topological polar surface area (TPSA) is 73.3 Å². The zero-order valence-corrected chi connectivity index (χ0v) is 17.5. The van der Waals surface area contributed by atoms with E-state index in [1.54, 1.807) is 38.5 Å². The van der Waals surface area contributed by atoms with Crippen LogP contribution in [0.2, 0.25) is 0 Å². The van der Waals surface area contributed by atoms with Crippen LogP contribution < -0.4 is 14.8 Å². The number of carbonyl (C=O) groups excluding carboxylic acids is 1. The summed E-state index contributed by atoms with van der Waals surface area (Å²) in [6, 6.07) is 15.4. The summed E-state index contributed by atoms with van der Waals surface area (Å²) >= 11 is 1.31. The Morgan fingerprint density at radius 3 is 2.43 bits per heavy atom. The van der Waals surface area contributed by atoms with Crippen LogP contribution >= 0.6 is 11.8 Å². The molecule has 1 heterocycles. The van der Waals surface area contributed by atoms with Crippen molar-refractivity contribution in [1.82, 2.24) is 15.5 Å². The predicted octanol–water partition coefficient (Wildman–Crippen LogP) is 3.75. The molecule has 2 aromatic carbocycles. The molecule has 3 rings (SSSR count). The summed E-state index contributed by atoms with van der Waals surface area (Å²) in [4.78, 5) is 12.1. The number of hydrogen-bond donors (Lipinski definition) is 1. The molecule has 156 valence electrons. The maximum Gasteiger partial charge on any atom is 0.230 e. The van der Waals surface area contributed by atoms with E-state index >= 15 is 0 Å². The maximum absolute atomic E-state index is 13.0. The lowest BCUT2D eigenvalue weighted by atomic mass is 10.1. The Hall–Kier alpha value is -3.13. The van der Waals surface area contributed by atoms with E-state index in [1.807, 2.05) is 18.2 Å². The molecule has 0 radical (unpaired) electrons. The first-order valence-electron chi connectivity index (χ1n) is 9.29. The van der Waals surface area contributed by atoms with Crippen molar-refractivity contribution in [2.24, 2.45) is 0 Å². The molecule has 3 aromatic rings. The number of halogens is 1. The average molecular weight is 428 g/mol. The first-order chi connectivity index (χ1) is 14.6. The fraction of sp³-hybridized carbons (Fsp3) is 0.227. The van der Waals surface area contributed by atoms with Gasteiger partial charge in [0.25, 0.3) is 0 Å². The van der Waals surface area contributed by atoms with Crippen molar-refractivity contribution < 1.29 is 18.7 Å². The number of methoxy groups -OCH3 is 2. The SMILES string of the molecule is COc1ccc(CCNC(=O)CSc2ccc(-c3ccc(F)cc3)nn2)cc1OC. The predicted molar refractivity (Wildman–Crippen MR) is 114 cm³/mol. The monoisotopic (exact) mass is 427 g/mol. The second-order valence-corrected chi connectivity index (χ2v) is 7.34. The third-order valence-electron chi connectivity index (χ3n) is 4.32. The van der Waals surface area contributed by atoms with Crippen LogP contribution in [0.3, 0.4) is 0 Å². The number of amides is 1. The highest BCUT2D eigenvalue weighted by atomic mass is 32.2. The van der Waals surface area contributed by atoms with E-state index in [1.165, 1.54) is 23.9 Å². The highest BCUT2D eigenvalue weighted by molar-refractivity contribution is 7.99. The van der Waals surface area contributed by atoms with Crippen LogP contribution in [0.4, 0.5) is 4.39 Å². The molecule has 0 spiro atoms. The summed E-state index contributed by atoms with van der Waals surface area (Å²) in [5.74, 6) is 1.21. The van der Waals surface area contributed by atoms with Gasteiger partial charge in [0.2, 0.25) is 5.91 Å². The zero-order chi connectivity index (χ0) is 21.3. The van der Waals surface area contributed by atoms with Crippen LogP contribution in [0.1, 0.15) is 5.56 Å². The highest BCUT2D eigenvalue weighted by Gasteiger charge is 2.07. The second-order valence-electron chi connectivity index (χ2n) is 6.34. The third kappa shape index (κ3) is 5.93. The highest BCUT2D eigenvalue weighted by Crippen LogP contribution is 2.27. The lowest BCUT2D eigenvalue weighted by Gasteiger charge is -2.10. The molecule has 8 heteroatoms. The van der Waals surface area contributed by atoms with E-state index in [2.05, 4.69) is 15.5 Å². The van der Waals surface area contributed by atoms with E-state index in [4.69, 9.17) is 9.47 Å². The number of aromatic nitrogens is 2. The van der Waals surface area contributed by atoms with Crippen molar-refractivity contribution in [3.8, 4) is 22.8 Å². The summed E-state index contributed by atoms with van der Waals surface area (Å²) in [5, 5.41) is 11.8. The maximum atomic E-state index is 13.0. The van der Waals surface area contributed by atoms with Gasteiger partial charge in [-0.05, 0) is 60.5 Å². The van der Waals surface area contributed by atoms with Crippen LogP contribution in [0.25, 0.3) is 11.3 Å². The van der Waals surface area contributed by atoms with Crippen LogP contribution in [0, 0.1) is 5.82 Å². The zero-order valence-electron chi connectivity index (χ0n) is 16.7. The molecule has 1 aromatic heterocycles. The Balaban J connectivity index is 1.44. The van der Waals surface area contributed by atoms with E-state index in [9.17, 15) is 9.18 Å². The number of ether oxygens (including phenoxy) is 2. The number of thioether (sulfide) groups is 1. The number of nitrogens with one attached hydrogen (secondary N) is 1. The van der Waals surface area contributed by atoms with Crippen LogP contribution in [-0.4, -0.2) is 42.6 Å². The summed E-state index contributed by atoms with van der Waals surface area (Å²) in [6.45, 7) is 0.518. The molecule has 1 amide bonds. The minimum Gasteiger partial charge on any atom is -0.493 e. The van der Waals surface area contributed by atoms with E-state index < -0.39 is 0 Å². The summed E-state index contributed by atoms with van der Waals surface area (Å²) in [7, 11) is 3.19. The standard InChI is InChI=1S/C22H22FN3O3S/c1-28-19-9-3-15(13-20(19)29-2)11-12-24-21(27)14-30-22-10-8-18(25-26-22)16-4-6-17(23)7-5-16/h3-10,13H,11-12,14H2,1-2H3,(H,24,27). The van der Waals surface area contributed by atoms with Gasteiger partial charge in [0, 0.05) is 12.1 Å². The van der Waals surface area contributed by atoms with Gasteiger partial charge in [0.15, 0.2) is 11.5 Å². The van der Waals surface area contributed by atoms with Crippen LogP contribution in [0.15, 0.2) is 59.6 Å². The molecule has 30 heavy (non-hydrogen) atoms. The summed E-state index contributed by atoms with van der Waals surface area (Å²) in [6.07, 6.45) is 0.683. The molecule has 0 fully saturated rings. The van der Waals surface area contributed by atoms with Gasteiger partial charge in [-0.1, -0.05) is 17.8 Å². The van der Waals surface area contributed by atoms with E-state index in [-0.39, 0.29) is 17.5 Å².